The van der Waals surface area contributed by atoms with Crippen molar-refractivity contribution in [3.63, 3.8) is 0 Å². The van der Waals surface area contributed by atoms with Crippen molar-refractivity contribution in [2.24, 2.45) is 0 Å². The van der Waals surface area contributed by atoms with Crippen LogP contribution in [0.2, 0.25) is 0 Å². The number of hydrogen-bond acceptors (Lipinski definition) is 3. The molecular formula is C18H20BrN3O2. The van der Waals surface area contributed by atoms with E-state index in [0.717, 1.165) is 34.5 Å². The number of morpholine rings is 1. The molecule has 1 heterocycles. The van der Waals surface area contributed by atoms with Crippen LogP contribution in [-0.4, -0.2) is 32.3 Å². The number of nitrogens with one attached hydrogen (secondary N) is 2. The highest BCUT2D eigenvalue weighted by Crippen LogP contribution is 2.26. The van der Waals surface area contributed by atoms with E-state index < -0.39 is 0 Å². The zero-order valence-electron chi connectivity index (χ0n) is 13.3. The predicted octanol–water partition coefficient (Wildman–Crippen LogP) is 3.61. The predicted molar refractivity (Wildman–Crippen MR) is 99.5 cm³/mol. The maximum atomic E-state index is 12.2. The number of ether oxygens (including phenoxy) is 1. The number of hydrogen-bond donors (Lipinski definition) is 2. The molecule has 0 spiro atoms. The molecule has 1 aliphatic heterocycles. The molecule has 0 radical (unpaired) electrons. The molecule has 0 bridgehead atoms. The Morgan fingerprint density at radius 2 is 1.92 bits per heavy atom. The summed E-state index contributed by atoms with van der Waals surface area (Å²) in [6.07, 6.45) is 0. The molecule has 2 aromatic rings. The SMILES string of the molecule is O=C(NCc1cccc(Br)c1)Nc1ccccc1N1CCOCC1. The minimum absolute atomic E-state index is 0.212. The van der Waals surface area contributed by atoms with Crippen molar-refractivity contribution >= 4 is 33.3 Å². The summed E-state index contributed by atoms with van der Waals surface area (Å²) in [4.78, 5) is 14.5. The van der Waals surface area contributed by atoms with Crippen molar-refractivity contribution in [1.82, 2.24) is 5.32 Å². The van der Waals surface area contributed by atoms with Gasteiger partial charge in [0, 0.05) is 24.1 Å². The Kier molecular flexibility index (Phi) is 5.72. The van der Waals surface area contributed by atoms with Crippen molar-refractivity contribution in [1.29, 1.82) is 0 Å². The van der Waals surface area contributed by atoms with Crippen LogP contribution in [0, 0.1) is 0 Å². The third kappa shape index (κ3) is 4.49. The summed E-state index contributed by atoms with van der Waals surface area (Å²) in [6, 6.07) is 15.5. The van der Waals surface area contributed by atoms with E-state index in [1.165, 1.54) is 0 Å². The lowest BCUT2D eigenvalue weighted by molar-refractivity contribution is 0.123. The van der Waals surface area contributed by atoms with Gasteiger partial charge in [-0.15, -0.1) is 0 Å². The number of halogens is 1. The highest BCUT2D eigenvalue weighted by atomic mass is 79.9. The van der Waals surface area contributed by atoms with Gasteiger partial charge < -0.3 is 20.3 Å². The first-order chi connectivity index (χ1) is 11.7. The van der Waals surface area contributed by atoms with Gasteiger partial charge in [-0.1, -0.05) is 40.2 Å². The van der Waals surface area contributed by atoms with E-state index in [0.29, 0.717) is 19.8 Å². The summed E-state index contributed by atoms with van der Waals surface area (Å²) < 4.78 is 6.39. The maximum absolute atomic E-state index is 12.2. The van der Waals surface area contributed by atoms with Crippen molar-refractivity contribution in [3.05, 3.63) is 58.6 Å². The average Bonchev–Trinajstić information content (AvgIpc) is 2.61. The van der Waals surface area contributed by atoms with Crippen LogP contribution in [0.4, 0.5) is 16.2 Å². The number of para-hydroxylation sites is 2. The number of urea groups is 1. The molecule has 0 saturated carbocycles. The van der Waals surface area contributed by atoms with Crippen molar-refractivity contribution in [2.45, 2.75) is 6.54 Å². The summed E-state index contributed by atoms with van der Waals surface area (Å²) in [5, 5.41) is 5.84. The van der Waals surface area contributed by atoms with E-state index >= 15 is 0 Å². The Hall–Kier alpha value is -2.05. The van der Waals surface area contributed by atoms with Crippen molar-refractivity contribution < 1.29 is 9.53 Å². The third-order valence-corrected chi connectivity index (χ3v) is 4.34. The quantitative estimate of drug-likeness (QED) is 0.839. The Balaban J connectivity index is 1.62. The minimum Gasteiger partial charge on any atom is -0.378 e. The number of carbonyl (C=O) groups is 1. The fourth-order valence-corrected chi connectivity index (χ4v) is 3.10. The molecule has 2 N–H and O–H groups in total. The molecule has 3 rings (SSSR count). The van der Waals surface area contributed by atoms with E-state index in [1.807, 2.05) is 48.5 Å². The number of amides is 2. The van der Waals surface area contributed by atoms with Gasteiger partial charge >= 0.3 is 6.03 Å². The van der Waals surface area contributed by atoms with E-state index in [2.05, 4.69) is 31.5 Å². The molecule has 0 atom stereocenters. The number of anilines is 2. The molecule has 1 fully saturated rings. The van der Waals surface area contributed by atoms with Gasteiger partial charge in [-0.2, -0.15) is 0 Å². The highest BCUT2D eigenvalue weighted by Gasteiger charge is 2.15. The standard InChI is InChI=1S/C18H20BrN3O2/c19-15-5-3-4-14(12-15)13-20-18(23)21-16-6-1-2-7-17(16)22-8-10-24-11-9-22/h1-7,12H,8-11,13H2,(H2,20,21,23). The van der Waals surface area contributed by atoms with E-state index in [4.69, 9.17) is 4.74 Å². The summed E-state index contributed by atoms with van der Waals surface area (Å²) in [7, 11) is 0. The normalized spacial score (nSPS) is 14.3. The summed E-state index contributed by atoms with van der Waals surface area (Å²) in [5.74, 6) is 0. The molecule has 2 amide bonds. The largest absolute Gasteiger partial charge is 0.378 e. The monoisotopic (exact) mass is 389 g/mol. The van der Waals surface area contributed by atoms with Gasteiger partial charge in [0.05, 0.1) is 24.6 Å². The van der Waals surface area contributed by atoms with Crippen molar-refractivity contribution in [3.8, 4) is 0 Å². The van der Waals surface area contributed by atoms with Gasteiger partial charge in [-0.25, -0.2) is 4.79 Å². The Morgan fingerprint density at radius 3 is 2.71 bits per heavy atom. The van der Waals surface area contributed by atoms with Gasteiger partial charge in [0.1, 0.15) is 0 Å². The fourth-order valence-electron chi connectivity index (χ4n) is 2.66. The summed E-state index contributed by atoms with van der Waals surface area (Å²) >= 11 is 3.43. The van der Waals surface area contributed by atoms with Crippen LogP contribution >= 0.6 is 15.9 Å². The molecule has 0 aliphatic carbocycles. The lowest BCUT2D eigenvalue weighted by Gasteiger charge is -2.30. The van der Waals surface area contributed by atoms with Crippen LogP contribution in [-0.2, 0) is 11.3 Å². The molecule has 6 heteroatoms. The first-order valence-corrected chi connectivity index (χ1v) is 8.73. The molecule has 5 nitrogen and oxygen atoms in total. The zero-order chi connectivity index (χ0) is 16.8. The first-order valence-electron chi connectivity index (χ1n) is 7.93. The van der Waals surface area contributed by atoms with Crippen LogP contribution in [0.15, 0.2) is 53.0 Å². The van der Waals surface area contributed by atoms with E-state index in [1.54, 1.807) is 0 Å². The Labute approximate surface area is 150 Å². The zero-order valence-corrected chi connectivity index (χ0v) is 14.9. The average molecular weight is 390 g/mol. The lowest BCUT2D eigenvalue weighted by Crippen LogP contribution is -2.37. The molecule has 1 aliphatic rings. The summed E-state index contributed by atoms with van der Waals surface area (Å²) in [6.45, 7) is 3.56. The van der Waals surface area contributed by atoms with Gasteiger partial charge in [0.2, 0.25) is 0 Å². The fraction of sp³-hybridized carbons (Fsp3) is 0.278. The van der Waals surface area contributed by atoms with Crippen LogP contribution in [0.25, 0.3) is 0 Å². The molecule has 0 aromatic heterocycles. The topological polar surface area (TPSA) is 53.6 Å². The smallest absolute Gasteiger partial charge is 0.319 e. The van der Waals surface area contributed by atoms with Crippen LogP contribution in [0.3, 0.4) is 0 Å². The molecule has 2 aromatic carbocycles. The molecular weight excluding hydrogens is 370 g/mol. The molecule has 0 unspecified atom stereocenters. The van der Waals surface area contributed by atoms with Gasteiger partial charge in [0.25, 0.3) is 0 Å². The van der Waals surface area contributed by atoms with E-state index in [9.17, 15) is 4.79 Å². The number of nitrogens with zero attached hydrogens (tertiary/aromatic N) is 1. The molecule has 24 heavy (non-hydrogen) atoms. The second-order valence-electron chi connectivity index (χ2n) is 5.55. The van der Waals surface area contributed by atoms with Gasteiger partial charge in [0.15, 0.2) is 0 Å². The van der Waals surface area contributed by atoms with Gasteiger partial charge in [-0.05, 0) is 29.8 Å². The van der Waals surface area contributed by atoms with Crippen molar-refractivity contribution in [2.75, 3.05) is 36.5 Å². The van der Waals surface area contributed by atoms with Gasteiger partial charge in [-0.3, -0.25) is 0 Å². The third-order valence-electron chi connectivity index (χ3n) is 3.85. The number of carbonyl (C=O) groups excluding carboxylic acids is 1. The molecule has 1 saturated heterocycles. The lowest BCUT2D eigenvalue weighted by atomic mass is 10.2. The second kappa shape index (κ2) is 8.17. The summed E-state index contributed by atoms with van der Waals surface area (Å²) in [5.41, 5.74) is 2.88. The Morgan fingerprint density at radius 1 is 1.12 bits per heavy atom. The minimum atomic E-state index is -0.212. The first kappa shape index (κ1) is 16.8. The Bertz CT molecular complexity index is 702. The molecule has 126 valence electrons. The van der Waals surface area contributed by atoms with E-state index in [-0.39, 0.29) is 6.03 Å². The second-order valence-corrected chi connectivity index (χ2v) is 6.47. The van der Waals surface area contributed by atoms with Crippen LogP contribution in [0.1, 0.15) is 5.56 Å². The number of benzene rings is 2. The highest BCUT2D eigenvalue weighted by molar-refractivity contribution is 9.10. The maximum Gasteiger partial charge on any atom is 0.319 e. The van der Waals surface area contributed by atoms with Crippen LogP contribution < -0.4 is 15.5 Å². The van der Waals surface area contributed by atoms with Crippen LogP contribution in [0.5, 0.6) is 0 Å². The number of rotatable bonds is 4.